The van der Waals surface area contributed by atoms with Crippen molar-refractivity contribution in [2.75, 3.05) is 23.9 Å². The Bertz CT molecular complexity index is 422. The van der Waals surface area contributed by atoms with Gasteiger partial charge >= 0.3 is 0 Å². The van der Waals surface area contributed by atoms with Crippen LogP contribution >= 0.6 is 11.6 Å². The van der Waals surface area contributed by atoms with Crippen molar-refractivity contribution in [2.24, 2.45) is 0 Å². The monoisotopic (exact) mass is 257 g/mol. The normalized spacial score (nSPS) is 11.6. The number of alkyl halides is 1. The third-order valence-electron chi connectivity index (χ3n) is 2.58. The first-order valence-corrected chi connectivity index (χ1v) is 6.34. The highest BCUT2D eigenvalue weighted by molar-refractivity contribution is 6.18. The average molecular weight is 258 g/mol. The summed E-state index contributed by atoms with van der Waals surface area (Å²) >= 11 is 5.73. The SMILES string of the molecule is CCN(CCCl)c1nccn(C(C)(C)C)c1=O. The maximum absolute atomic E-state index is 12.3. The van der Waals surface area contributed by atoms with Crippen LogP contribution in [0.15, 0.2) is 17.2 Å². The van der Waals surface area contributed by atoms with Gasteiger partial charge in [0.15, 0.2) is 5.82 Å². The lowest BCUT2D eigenvalue weighted by Gasteiger charge is -2.25. The molecule has 1 aromatic rings. The molecule has 0 aliphatic rings. The Hall–Kier alpha value is -1.03. The van der Waals surface area contributed by atoms with Gasteiger partial charge in [0, 0.05) is 36.9 Å². The van der Waals surface area contributed by atoms with E-state index >= 15 is 0 Å². The summed E-state index contributed by atoms with van der Waals surface area (Å²) in [5, 5.41) is 0. The first-order chi connectivity index (χ1) is 7.91. The molecule has 0 saturated heterocycles. The highest BCUT2D eigenvalue weighted by atomic mass is 35.5. The molecule has 0 spiro atoms. The Morgan fingerprint density at radius 3 is 2.59 bits per heavy atom. The minimum Gasteiger partial charge on any atom is -0.351 e. The van der Waals surface area contributed by atoms with E-state index < -0.39 is 0 Å². The van der Waals surface area contributed by atoms with Crippen LogP contribution in [0.4, 0.5) is 5.82 Å². The molecule has 0 bridgehead atoms. The summed E-state index contributed by atoms with van der Waals surface area (Å²) in [6.07, 6.45) is 3.39. The summed E-state index contributed by atoms with van der Waals surface area (Å²) in [6.45, 7) is 9.34. The fourth-order valence-corrected chi connectivity index (χ4v) is 1.87. The van der Waals surface area contributed by atoms with Crippen LogP contribution in [0.2, 0.25) is 0 Å². The minimum absolute atomic E-state index is 0.0630. The smallest absolute Gasteiger partial charge is 0.293 e. The van der Waals surface area contributed by atoms with Crippen LogP contribution in [0.1, 0.15) is 27.7 Å². The van der Waals surface area contributed by atoms with E-state index in [0.717, 1.165) is 6.54 Å². The molecule has 5 heteroatoms. The fraction of sp³-hybridized carbons (Fsp3) is 0.667. The van der Waals surface area contributed by atoms with Crippen LogP contribution < -0.4 is 10.5 Å². The Morgan fingerprint density at radius 2 is 2.12 bits per heavy atom. The van der Waals surface area contributed by atoms with Gasteiger partial charge in [-0.25, -0.2) is 4.98 Å². The Balaban J connectivity index is 3.23. The standard InChI is InChI=1S/C12H20ClN3O/c1-5-15(8-6-13)10-11(17)16(9-7-14-10)12(2,3)4/h7,9H,5-6,8H2,1-4H3. The van der Waals surface area contributed by atoms with Crippen LogP contribution in [-0.2, 0) is 5.54 Å². The third-order valence-corrected chi connectivity index (χ3v) is 2.75. The molecular formula is C12H20ClN3O. The highest BCUT2D eigenvalue weighted by Gasteiger charge is 2.18. The molecule has 0 amide bonds. The van der Waals surface area contributed by atoms with Crippen molar-refractivity contribution < 1.29 is 0 Å². The van der Waals surface area contributed by atoms with Crippen LogP contribution in [0.5, 0.6) is 0 Å². The number of rotatable bonds is 4. The molecule has 0 unspecified atom stereocenters. The molecular weight excluding hydrogens is 238 g/mol. The predicted molar refractivity (Wildman–Crippen MR) is 72.1 cm³/mol. The van der Waals surface area contributed by atoms with Gasteiger partial charge in [-0.05, 0) is 27.7 Å². The lowest BCUT2D eigenvalue weighted by molar-refractivity contribution is 0.382. The van der Waals surface area contributed by atoms with Crippen molar-refractivity contribution in [3.63, 3.8) is 0 Å². The average Bonchev–Trinajstić information content (AvgIpc) is 2.25. The van der Waals surface area contributed by atoms with Crippen molar-refractivity contribution in [3.05, 3.63) is 22.7 Å². The van der Waals surface area contributed by atoms with Gasteiger partial charge in [0.2, 0.25) is 0 Å². The number of hydrogen-bond donors (Lipinski definition) is 0. The van der Waals surface area contributed by atoms with E-state index in [-0.39, 0.29) is 11.1 Å². The summed E-state index contributed by atoms with van der Waals surface area (Å²) < 4.78 is 1.70. The van der Waals surface area contributed by atoms with E-state index in [1.54, 1.807) is 17.0 Å². The van der Waals surface area contributed by atoms with Crippen LogP contribution in [0.3, 0.4) is 0 Å². The zero-order chi connectivity index (χ0) is 13.1. The van der Waals surface area contributed by atoms with E-state index in [2.05, 4.69) is 4.98 Å². The zero-order valence-electron chi connectivity index (χ0n) is 10.9. The molecule has 0 aromatic carbocycles. The van der Waals surface area contributed by atoms with Gasteiger partial charge in [-0.3, -0.25) is 4.79 Å². The molecule has 0 saturated carbocycles. The lowest BCUT2D eigenvalue weighted by atomic mass is 10.1. The molecule has 0 atom stereocenters. The predicted octanol–water partition coefficient (Wildman–Crippen LogP) is 2.06. The van der Waals surface area contributed by atoms with E-state index in [0.29, 0.717) is 18.2 Å². The topological polar surface area (TPSA) is 38.1 Å². The van der Waals surface area contributed by atoms with Gasteiger partial charge in [0.25, 0.3) is 5.56 Å². The van der Waals surface area contributed by atoms with Crippen LogP contribution in [0.25, 0.3) is 0 Å². The molecule has 0 aliphatic carbocycles. The van der Waals surface area contributed by atoms with Crippen molar-refractivity contribution in [2.45, 2.75) is 33.2 Å². The first-order valence-electron chi connectivity index (χ1n) is 5.81. The summed E-state index contributed by atoms with van der Waals surface area (Å²) in [5.74, 6) is 0.963. The molecule has 0 fully saturated rings. The summed E-state index contributed by atoms with van der Waals surface area (Å²) in [6, 6.07) is 0. The van der Waals surface area contributed by atoms with Gasteiger partial charge in [-0.1, -0.05) is 0 Å². The van der Waals surface area contributed by atoms with Crippen molar-refractivity contribution in [1.82, 2.24) is 9.55 Å². The lowest BCUT2D eigenvalue weighted by Crippen LogP contribution is -2.39. The summed E-state index contributed by atoms with van der Waals surface area (Å²) in [7, 11) is 0. The molecule has 0 aliphatic heterocycles. The highest BCUT2D eigenvalue weighted by Crippen LogP contribution is 2.12. The molecule has 1 heterocycles. The Morgan fingerprint density at radius 1 is 1.47 bits per heavy atom. The number of aromatic nitrogens is 2. The van der Waals surface area contributed by atoms with Gasteiger partial charge in [0.05, 0.1) is 0 Å². The van der Waals surface area contributed by atoms with Crippen molar-refractivity contribution in [1.29, 1.82) is 0 Å². The molecule has 0 N–H and O–H groups in total. The molecule has 1 aromatic heterocycles. The first kappa shape index (κ1) is 14.0. The molecule has 4 nitrogen and oxygen atoms in total. The Labute approximate surface area is 107 Å². The molecule has 0 radical (unpaired) electrons. The number of nitrogens with zero attached hydrogens (tertiary/aromatic N) is 3. The van der Waals surface area contributed by atoms with Crippen molar-refractivity contribution in [3.8, 4) is 0 Å². The second-order valence-electron chi connectivity index (χ2n) is 4.87. The van der Waals surface area contributed by atoms with Crippen molar-refractivity contribution >= 4 is 17.4 Å². The van der Waals surface area contributed by atoms with Crippen LogP contribution in [0, 0.1) is 0 Å². The van der Waals surface area contributed by atoms with Gasteiger partial charge < -0.3 is 9.47 Å². The molecule has 1 rings (SSSR count). The quantitative estimate of drug-likeness (QED) is 0.775. The summed E-state index contributed by atoms with van der Waals surface area (Å²) in [5.41, 5.74) is -0.304. The molecule has 17 heavy (non-hydrogen) atoms. The molecule has 96 valence electrons. The van der Waals surface area contributed by atoms with Gasteiger partial charge in [0.1, 0.15) is 0 Å². The van der Waals surface area contributed by atoms with E-state index in [4.69, 9.17) is 11.6 Å². The third kappa shape index (κ3) is 3.22. The van der Waals surface area contributed by atoms with E-state index in [9.17, 15) is 4.79 Å². The van der Waals surface area contributed by atoms with Gasteiger partial charge in [-0.2, -0.15) is 0 Å². The Kier molecular flexibility index (Phi) is 4.57. The number of hydrogen-bond acceptors (Lipinski definition) is 3. The summed E-state index contributed by atoms with van der Waals surface area (Å²) in [4.78, 5) is 18.4. The second kappa shape index (κ2) is 5.54. The van der Waals surface area contributed by atoms with E-state index in [1.165, 1.54) is 0 Å². The zero-order valence-corrected chi connectivity index (χ0v) is 11.7. The number of halogens is 1. The van der Waals surface area contributed by atoms with E-state index in [1.807, 2.05) is 32.6 Å². The van der Waals surface area contributed by atoms with Crippen LogP contribution in [-0.4, -0.2) is 28.5 Å². The number of anilines is 1. The second-order valence-corrected chi connectivity index (χ2v) is 5.24. The minimum atomic E-state index is -0.241. The maximum Gasteiger partial charge on any atom is 0.293 e. The van der Waals surface area contributed by atoms with Gasteiger partial charge in [-0.15, -0.1) is 11.6 Å². The maximum atomic E-state index is 12.3. The fourth-order valence-electron chi connectivity index (χ4n) is 1.66. The largest absolute Gasteiger partial charge is 0.351 e.